The molecule has 7 heteroatoms. The first-order chi connectivity index (χ1) is 16.8. The van der Waals surface area contributed by atoms with E-state index in [-0.39, 0.29) is 18.9 Å². The summed E-state index contributed by atoms with van der Waals surface area (Å²) in [7, 11) is 0. The third-order valence-corrected chi connectivity index (χ3v) is 6.04. The molecule has 35 heavy (non-hydrogen) atoms. The number of nitrogens with one attached hydrogen (secondary N) is 2. The Bertz CT molecular complexity index is 1200. The van der Waals surface area contributed by atoms with Gasteiger partial charge in [-0.1, -0.05) is 68.2 Å². The van der Waals surface area contributed by atoms with Crippen LogP contribution >= 0.6 is 0 Å². The standard InChI is InChI=1S/C28H33N3O4/c1-4-6-12-19(3)35-25-21-15-10-11-16-23(21)30-24(25)18-28(5-2,27(33)34)31-26(32)22(29)17-20-13-8-7-9-14-20/h2,7-11,13-16,19,22,30H,4,6,12,17-18,29H2,1,3H3,(H,31,32)(H,33,34). The molecule has 0 spiro atoms. The fraction of sp³-hybridized carbons (Fsp3) is 0.357. The number of amides is 1. The average molecular weight is 476 g/mol. The van der Waals surface area contributed by atoms with Crippen LogP contribution in [0.15, 0.2) is 54.6 Å². The number of benzene rings is 2. The quantitative estimate of drug-likeness (QED) is 0.297. The molecule has 184 valence electrons. The van der Waals surface area contributed by atoms with Crippen LogP contribution in [-0.2, 0) is 22.4 Å². The predicted octanol–water partition coefficient (Wildman–Crippen LogP) is 3.81. The number of aromatic nitrogens is 1. The van der Waals surface area contributed by atoms with E-state index in [1.165, 1.54) is 0 Å². The van der Waals surface area contributed by atoms with E-state index in [9.17, 15) is 14.7 Å². The van der Waals surface area contributed by atoms with Crippen molar-refractivity contribution in [3.05, 3.63) is 65.9 Å². The van der Waals surface area contributed by atoms with Gasteiger partial charge >= 0.3 is 5.97 Å². The van der Waals surface area contributed by atoms with Gasteiger partial charge in [-0.2, -0.15) is 0 Å². The van der Waals surface area contributed by atoms with Crippen LogP contribution in [0.3, 0.4) is 0 Å². The van der Waals surface area contributed by atoms with Crippen LogP contribution in [0.5, 0.6) is 5.75 Å². The molecule has 0 aliphatic carbocycles. The van der Waals surface area contributed by atoms with Crippen LogP contribution in [0, 0.1) is 12.3 Å². The topological polar surface area (TPSA) is 117 Å². The number of carboxylic acid groups (broad SMARTS) is 1. The number of hydrogen-bond acceptors (Lipinski definition) is 4. The summed E-state index contributed by atoms with van der Waals surface area (Å²) in [5, 5.41) is 13.5. The number of ether oxygens (including phenoxy) is 1. The van der Waals surface area contributed by atoms with Crippen molar-refractivity contribution in [3.8, 4) is 18.1 Å². The Kier molecular flexibility index (Phi) is 8.56. The second-order valence-corrected chi connectivity index (χ2v) is 8.87. The SMILES string of the molecule is C#CC(Cc1[nH]c2ccccc2c1OC(C)CCCC)(NC(=O)C(N)Cc1ccccc1)C(=O)O. The van der Waals surface area contributed by atoms with Gasteiger partial charge in [-0.05, 0) is 37.5 Å². The number of para-hydroxylation sites is 1. The summed E-state index contributed by atoms with van der Waals surface area (Å²) < 4.78 is 6.27. The molecule has 0 radical (unpaired) electrons. The van der Waals surface area contributed by atoms with E-state index in [1.54, 1.807) is 0 Å². The average Bonchev–Trinajstić information content (AvgIpc) is 3.19. The summed E-state index contributed by atoms with van der Waals surface area (Å²) in [6.45, 7) is 4.10. The van der Waals surface area contributed by atoms with Gasteiger partial charge in [0.05, 0.1) is 17.8 Å². The molecule has 0 saturated heterocycles. The minimum absolute atomic E-state index is 0.0770. The molecule has 0 bridgehead atoms. The Hall–Kier alpha value is -3.76. The number of carboxylic acids is 1. The van der Waals surface area contributed by atoms with E-state index in [2.05, 4.69) is 23.1 Å². The number of aromatic amines is 1. The number of hydrogen-bond donors (Lipinski definition) is 4. The van der Waals surface area contributed by atoms with E-state index in [4.69, 9.17) is 16.9 Å². The van der Waals surface area contributed by atoms with Gasteiger partial charge in [0.2, 0.25) is 11.4 Å². The molecule has 0 saturated carbocycles. The van der Waals surface area contributed by atoms with Crippen LogP contribution in [-0.4, -0.2) is 39.7 Å². The Morgan fingerprint density at radius 2 is 1.89 bits per heavy atom. The van der Waals surface area contributed by atoms with Crippen molar-refractivity contribution < 1.29 is 19.4 Å². The van der Waals surface area contributed by atoms with Crippen LogP contribution in [0.25, 0.3) is 10.9 Å². The molecule has 3 aromatic rings. The first-order valence-corrected chi connectivity index (χ1v) is 11.9. The number of carbonyl (C=O) groups excluding carboxylic acids is 1. The summed E-state index contributed by atoms with van der Waals surface area (Å²) in [6.07, 6.45) is 8.63. The van der Waals surface area contributed by atoms with E-state index in [0.717, 1.165) is 35.7 Å². The number of carbonyl (C=O) groups is 2. The van der Waals surface area contributed by atoms with Crippen molar-refractivity contribution in [2.75, 3.05) is 0 Å². The van der Waals surface area contributed by atoms with Crippen LogP contribution in [0.1, 0.15) is 44.4 Å². The highest BCUT2D eigenvalue weighted by atomic mass is 16.5. The van der Waals surface area contributed by atoms with Gasteiger partial charge < -0.3 is 25.9 Å². The Morgan fingerprint density at radius 3 is 2.54 bits per heavy atom. The molecule has 3 atom stereocenters. The zero-order valence-electron chi connectivity index (χ0n) is 20.2. The highest BCUT2D eigenvalue weighted by Gasteiger charge is 2.41. The highest BCUT2D eigenvalue weighted by Crippen LogP contribution is 2.34. The normalized spacial score (nSPS) is 14.5. The molecule has 1 aromatic heterocycles. The van der Waals surface area contributed by atoms with Crippen molar-refractivity contribution in [2.45, 2.75) is 63.6 Å². The van der Waals surface area contributed by atoms with E-state index >= 15 is 0 Å². The lowest BCUT2D eigenvalue weighted by Crippen LogP contribution is -2.59. The molecule has 0 aliphatic heterocycles. The highest BCUT2D eigenvalue weighted by molar-refractivity contribution is 5.93. The minimum Gasteiger partial charge on any atom is -0.488 e. The molecule has 5 N–H and O–H groups in total. The Labute approximate surface area is 206 Å². The molecule has 3 rings (SSSR count). The summed E-state index contributed by atoms with van der Waals surface area (Å²) in [6, 6.07) is 15.9. The number of unbranched alkanes of at least 4 members (excludes halogenated alkanes) is 1. The van der Waals surface area contributed by atoms with Gasteiger partial charge in [0.15, 0.2) is 0 Å². The number of fused-ring (bicyclic) bond motifs is 1. The van der Waals surface area contributed by atoms with Gasteiger partial charge in [0, 0.05) is 17.3 Å². The third kappa shape index (κ3) is 6.23. The Balaban J connectivity index is 1.89. The molecule has 3 unspecified atom stereocenters. The molecule has 2 aromatic carbocycles. The maximum Gasteiger partial charge on any atom is 0.342 e. The Morgan fingerprint density at radius 1 is 1.20 bits per heavy atom. The van der Waals surface area contributed by atoms with E-state index in [0.29, 0.717) is 11.4 Å². The fourth-order valence-corrected chi connectivity index (χ4v) is 4.03. The third-order valence-electron chi connectivity index (χ3n) is 6.04. The van der Waals surface area contributed by atoms with Gasteiger partial charge in [-0.15, -0.1) is 6.42 Å². The van der Waals surface area contributed by atoms with Crippen molar-refractivity contribution in [1.82, 2.24) is 10.3 Å². The molecule has 0 aliphatic rings. The second-order valence-electron chi connectivity index (χ2n) is 8.87. The van der Waals surface area contributed by atoms with Gasteiger partial charge in [-0.25, -0.2) is 4.79 Å². The summed E-state index contributed by atoms with van der Waals surface area (Å²) in [4.78, 5) is 28.6. The number of nitrogens with two attached hydrogens (primary N) is 1. The predicted molar refractivity (Wildman–Crippen MR) is 137 cm³/mol. The molecule has 7 nitrogen and oxygen atoms in total. The fourth-order valence-electron chi connectivity index (χ4n) is 4.03. The minimum atomic E-state index is -2.00. The number of terminal acetylenes is 1. The van der Waals surface area contributed by atoms with Gasteiger partial charge in [-0.3, -0.25) is 4.79 Å². The lowest BCUT2D eigenvalue weighted by Gasteiger charge is -2.27. The summed E-state index contributed by atoms with van der Waals surface area (Å²) in [5.74, 6) is 0.880. The lowest BCUT2D eigenvalue weighted by atomic mass is 9.92. The zero-order valence-corrected chi connectivity index (χ0v) is 20.2. The first kappa shape index (κ1) is 25.9. The molecular weight excluding hydrogens is 442 g/mol. The molecule has 1 heterocycles. The summed E-state index contributed by atoms with van der Waals surface area (Å²) in [5.41, 5.74) is 6.27. The van der Waals surface area contributed by atoms with Crippen LogP contribution in [0.4, 0.5) is 0 Å². The van der Waals surface area contributed by atoms with Crippen molar-refractivity contribution in [2.24, 2.45) is 5.73 Å². The molecule has 1 amide bonds. The lowest BCUT2D eigenvalue weighted by molar-refractivity contribution is -0.145. The van der Waals surface area contributed by atoms with Crippen molar-refractivity contribution in [1.29, 1.82) is 0 Å². The van der Waals surface area contributed by atoms with E-state index in [1.807, 2.05) is 61.5 Å². The molecule has 0 fully saturated rings. The first-order valence-electron chi connectivity index (χ1n) is 11.9. The van der Waals surface area contributed by atoms with Gasteiger partial charge in [0.25, 0.3) is 0 Å². The molecular formula is C28H33N3O4. The number of H-pyrrole nitrogens is 1. The number of aliphatic carboxylic acids is 1. The number of rotatable bonds is 12. The second kappa shape index (κ2) is 11.6. The zero-order chi connectivity index (χ0) is 25.4. The monoisotopic (exact) mass is 475 g/mol. The van der Waals surface area contributed by atoms with Crippen molar-refractivity contribution in [3.63, 3.8) is 0 Å². The largest absolute Gasteiger partial charge is 0.488 e. The maximum absolute atomic E-state index is 12.9. The smallest absolute Gasteiger partial charge is 0.342 e. The van der Waals surface area contributed by atoms with Crippen molar-refractivity contribution >= 4 is 22.8 Å². The summed E-state index contributed by atoms with van der Waals surface area (Å²) >= 11 is 0. The van der Waals surface area contributed by atoms with Crippen LogP contribution < -0.4 is 15.8 Å². The van der Waals surface area contributed by atoms with E-state index < -0.39 is 23.5 Å². The maximum atomic E-state index is 12.9. The van der Waals surface area contributed by atoms with Gasteiger partial charge in [0.1, 0.15) is 5.75 Å². The van der Waals surface area contributed by atoms with Crippen LogP contribution in [0.2, 0.25) is 0 Å².